The normalized spacial score (nSPS) is 15.7. The van der Waals surface area contributed by atoms with Gasteiger partial charge >= 0.3 is 0 Å². The largest absolute Gasteiger partial charge is 0.480 e. The SMILES string of the molecule is O=C(NCCNCC1Oc2ccccc2C1=O)c1ccc(F)cc1. The molecule has 124 valence electrons. The first-order chi connectivity index (χ1) is 11.6. The van der Waals surface area contributed by atoms with Gasteiger partial charge in [-0.15, -0.1) is 0 Å². The predicted octanol–water partition coefficient (Wildman–Crippen LogP) is 1.79. The van der Waals surface area contributed by atoms with Crippen molar-refractivity contribution in [2.24, 2.45) is 0 Å². The fraction of sp³-hybridized carbons (Fsp3) is 0.222. The molecule has 0 spiro atoms. The van der Waals surface area contributed by atoms with Crippen LogP contribution < -0.4 is 15.4 Å². The van der Waals surface area contributed by atoms with Crippen molar-refractivity contribution in [1.29, 1.82) is 0 Å². The van der Waals surface area contributed by atoms with Gasteiger partial charge in [0.25, 0.3) is 5.91 Å². The van der Waals surface area contributed by atoms with Crippen LogP contribution in [0.5, 0.6) is 5.75 Å². The summed E-state index contributed by atoms with van der Waals surface area (Å²) in [6.45, 7) is 1.26. The quantitative estimate of drug-likeness (QED) is 0.794. The highest BCUT2D eigenvalue weighted by molar-refractivity contribution is 6.04. The summed E-state index contributed by atoms with van der Waals surface area (Å²) < 4.78 is 18.4. The predicted molar refractivity (Wildman–Crippen MR) is 86.8 cm³/mol. The van der Waals surface area contributed by atoms with E-state index in [1.807, 2.05) is 6.07 Å². The van der Waals surface area contributed by atoms with Crippen LogP contribution in [0.1, 0.15) is 20.7 Å². The van der Waals surface area contributed by atoms with E-state index < -0.39 is 6.10 Å². The number of para-hydroxylation sites is 1. The first kappa shape index (κ1) is 16.1. The fourth-order valence-electron chi connectivity index (χ4n) is 2.49. The van der Waals surface area contributed by atoms with Crippen LogP contribution in [-0.2, 0) is 0 Å². The van der Waals surface area contributed by atoms with Crippen LogP contribution in [0.4, 0.5) is 4.39 Å². The van der Waals surface area contributed by atoms with Crippen LogP contribution in [0.2, 0.25) is 0 Å². The van der Waals surface area contributed by atoms with Gasteiger partial charge in [0.2, 0.25) is 5.78 Å². The third-order valence-corrected chi connectivity index (χ3v) is 3.74. The van der Waals surface area contributed by atoms with Crippen molar-refractivity contribution < 1.29 is 18.7 Å². The minimum Gasteiger partial charge on any atom is -0.480 e. The highest BCUT2D eigenvalue weighted by atomic mass is 19.1. The Morgan fingerprint density at radius 3 is 2.58 bits per heavy atom. The Labute approximate surface area is 138 Å². The number of rotatable bonds is 6. The molecular weight excluding hydrogens is 311 g/mol. The van der Waals surface area contributed by atoms with Gasteiger partial charge in [0.05, 0.1) is 5.56 Å². The Morgan fingerprint density at radius 1 is 1.08 bits per heavy atom. The van der Waals surface area contributed by atoms with Gasteiger partial charge in [0.15, 0.2) is 6.10 Å². The van der Waals surface area contributed by atoms with Gasteiger partial charge in [0, 0.05) is 25.2 Å². The van der Waals surface area contributed by atoms with Crippen LogP contribution in [0, 0.1) is 5.82 Å². The number of carbonyl (C=O) groups is 2. The minimum absolute atomic E-state index is 0.0338. The van der Waals surface area contributed by atoms with Gasteiger partial charge < -0.3 is 15.4 Å². The summed E-state index contributed by atoms with van der Waals surface area (Å²) in [6.07, 6.45) is -0.532. The molecule has 0 fully saturated rings. The molecule has 3 rings (SSSR count). The van der Waals surface area contributed by atoms with Crippen molar-refractivity contribution in [3.05, 3.63) is 65.5 Å². The second-order valence-electron chi connectivity index (χ2n) is 5.43. The molecule has 0 aliphatic carbocycles. The number of hydrogen-bond donors (Lipinski definition) is 2. The molecule has 0 bridgehead atoms. The standard InChI is InChI=1S/C18H17FN2O3/c19-13-7-5-12(6-8-13)18(23)21-10-9-20-11-16-17(22)14-3-1-2-4-15(14)24-16/h1-8,16,20H,9-11H2,(H,21,23). The maximum absolute atomic E-state index is 12.8. The molecule has 5 nitrogen and oxygen atoms in total. The lowest BCUT2D eigenvalue weighted by molar-refractivity contribution is 0.0854. The lowest BCUT2D eigenvalue weighted by Gasteiger charge is -2.11. The summed E-state index contributed by atoms with van der Waals surface area (Å²) in [6, 6.07) is 12.5. The number of ether oxygens (including phenoxy) is 1. The Bertz CT molecular complexity index is 746. The smallest absolute Gasteiger partial charge is 0.251 e. The molecule has 1 unspecified atom stereocenters. The zero-order chi connectivity index (χ0) is 16.9. The van der Waals surface area contributed by atoms with E-state index in [-0.39, 0.29) is 17.5 Å². The van der Waals surface area contributed by atoms with Gasteiger partial charge in [-0.3, -0.25) is 9.59 Å². The molecule has 2 N–H and O–H groups in total. The van der Waals surface area contributed by atoms with Gasteiger partial charge in [-0.25, -0.2) is 4.39 Å². The summed E-state index contributed by atoms with van der Waals surface area (Å²) in [5, 5.41) is 5.81. The number of halogens is 1. The molecule has 6 heteroatoms. The average molecular weight is 328 g/mol. The molecule has 0 aromatic heterocycles. The zero-order valence-corrected chi connectivity index (χ0v) is 12.9. The lowest BCUT2D eigenvalue weighted by atomic mass is 10.1. The van der Waals surface area contributed by atoms with Gasteiger partial charge in [0.1, 0.15) is 11.6 Å². The second kappa shape index (κ2) is 7.23. The van der Waals surface area contributed by atoms with Crippen molar-refractivity contribution >= 4 is 11.7 Å². The van der Waals surface area contributed by atoms with E-state index in [4.69, 9.17) is 4.74 Å². The fourth-order valence-corrected chi connectivity index (χ4v) is 2.49. The number of fused-ring (bicyclic) bond motifs is 1. The maximum atomic E-state index is 12.8. The van der Waals surface area contributed by atoms with Gasteiger partial charge in [-0.1, -0.05) is 12.1 Å². The first-order valence-corrected chi connectivity index (χ1v) is 7.69. The summed E-state index contributed by atoms with van der Waals surface area (Å²) >= 11 is 0. The van der Waals surface area contributed by atoms with Crippen molar-refractivity contribution in [3.8, 4) is 5.75 Å². The summed E-state index contributed by atoms with van der Waals surface area (Å²) in [5.74, 6) is -0.0693. The molecule has 1 atom stereocenters. The molecule has 0 saturated carbocycles. The number of ketones is 1. The molecule has 1 aliphatic heterocycles. The second-order valence-corrected chi connectivity index (χ2v) is 5.43. The Balaban J connectivity index is 1.38. The van der Waals surface area contributed by atoms with Crippen LogP contribution >= 0.6 is 0 Å². The Morgan fingerprint density at radius 2 is 1.83 bits per heavy atom. The van der Waals surface area contributed by atoms with E-state index in [1.54, 1.807) is 18.2 Å². The van der Waals surface area contributed by atoms with Crippen molar-refractivity contribution in [1.82, 2.24) is 10.6 Å². The van der Waals surface area contributed by atoms with Crippen LogP contribution in [0.15, 0.2) is 48.5 Å². The monoisotopic (exact) mass is 328 g/mol. The molecule has 1 amide bonds. The van der Waals surface area contributed by atoms with Crippen LogP contribution in [-0.4, -0.2) is 37.4 Å². The molecule has 1 heterocycles. The molecule has 0 saturated heterocycles. The third kappa shape index (κ3) is 3.60. The number of carbonyl (C=O) groups excluding carboxylic acids is 2. The molecule has 24 heavy (non-hydrogen) atoms. The number of benzene rings is 2. The highest BCUT2D eigenvalue weighted by Crippen LogP contribution is 2.27. The van der Waals surface area contributed by atoms with E-state index in [0.717, 1.165) is 0 Å². The van der Waals surface area contributed by atoms with Crippen LogP contribution in [0.3, 0.4) is 0 Å². The van der Waals surface area contributed by atoms with Gasteiger partial charge in [-0.05, 0) is 36.4 Å². The number of amides is 1. The molecular formula is C18H17FN2O3. The first-order valence-electron chi connectivity index (χ1n) is 7.69. The van der Waals surface area contributed by atoms with E-state index in [1.165, 1.54) is 24.3 Å². The maximum Gasteiger partial charge on any atom is 0.251 e. The summed E-state index contributed by atoms with van der Waals surface area (Å²) in [5.41, 5.74) is 1.01. The molecule has 0 radical (unpaired) electrons. The zero-order valence-electron chi connectivity index (χ0n) is 12.9. The van der Waals surface area contributed by atoms with E-state index in [2.05, 4.69) is 10.6 Å². The summed E-state index contributed by atoms with van der Waals surface area (Å²) in [4.78, 5) is 24.0. The highest BCUT2D eigenvalue weighted by Gasteiger charge is 2.31. The molecule has 2 aromatic rings. The number of Topliss-reactive ketones (excluding diaryl/α,β-unsaturated/α-hetero) is 1. The third-order valence-electron chi connectivity index (χ3n) is 3.74. The van der Waals surface area contributed by atoms with E-state index in [0.29, 0.717) is 36.5 Å². The van der Waals surface area contributed by atoms with Crippen molar-refractivity contribution in [3.63, 3.8) is 0 Å². The lowest BCUT2D eigenvalue weighted by Crippen LogP contribution is -2.38. The van der Waals surface area contributed by atoms with Crippen molar-refractivity contribution in [2.45, 2.75) is 6.10 Å². The number of hydrogen-bond acceptors (Lipinski definition) is 4. The van der Waals surface area contributed by atoms with Gasteiger partial charge in [-0.2, -0.15) is 0 Å². The number of nitrogens with one attached hydrogen (secondary N) is 2. The molecule has 2 aromatic carbocycles. The van der Waals surface area contributed by atoms with Crippen molar-refractivity contribution in [2.75, 3.05) is 19.6 Å². The average Bonchev–Trinajstić information content (AvgIpc) is 2.91. The summed E-state index contributed by atoms with van der Waals surface area (Å²) in [7, 11) is 0. The van der Waals surface area contributed by atoms with Crippen LogP contribution in [0.25, 0.3) is 0 Å². The Kier molecular flexibility index (Phi) is 4.86. The Hall–Kier alpha value is -2.73. The minimum atomic E-state index is -0.532. The molecule has 1 aliphatic rings. The van der Waals surface area contributed by atoms with E-state index >= 15 is 0 Å². The van der Waals surface area contributed by atoms with E-state index in [9.17, 15) is 14.0 Å². The topological polar surface area (TPSA) is 67.4 Å².